The minimum atomic E-state index is -2.91. The Morgan fingerprint density at radius 1 is 1.43 bits per heavy atom. The molecular formula is C2H10N2O2S. The van der Waals surface area contributed by atoms with Crippen molar-refractivity contribution in [3.63, 3.8) is 0 Å². The molecule has 0 atom stereocenters. The molecule has 5 heteroatoms. The van der Waals surface area contributed by atoms with Gasteiger partial charge in [-0.25, -0.2) is 5.14 Å². The lowest BCUT2D eigenvalue weighted by Crippen LogP contribution is -2.24. The van der Waals surface area contributed by atoms with E-state index in [1.165, 1.54) is 14.1 Å². The van der Waals surface area contributed by atoms with Crippen molar-refractivity contribution < 1.29 is 9.11 Å². The second kappa shape index (κ2) is 1.97. The molecule has 0 saturated carbocycles. The topological polar surface area (TPSA) is 69.7 Å². The first-order valence-electron chi connectivity index (χ1n) is 1.68. The summed E-state index contributed by atoms with van der Waals surface area (Å²) in [7, 11) is 0.0833. The number of nitrogens with two attached hydrogens (primary N) is 1. The first-order valence-corrected chi connectivity index (χ1v) is 3.24. The van der Waals surface area contributed by atoms with Crippen LogP contribution in [0, 0.1) is 0 Å². The van der Waals surface area contributed by atoms with Gasteiger partial charge in [-0.05, 0) is 0 Å². The Balaban J connectivity index is 3.54. The van der Waals surface area contributed by atoms with Crippen LogP contribution in [0.25, 0.3) is 0 Å². The largest absolute Gasteiger partial charge is 0.273 e. The second-order valence-corrected chi connectivity index (χ2v) is 3.23. The van der Waals surface area contributed by atoms with Crippen molar-refractivity contribution in [3.8, 4) is 0 Å². The smallest absolute Gasteiger partial charge is 0.00736 e. The first-order chi connectivity index (χ1) is 2.94. The highest BCUT2D eigenvalue weighted by molar-refractivity contribution is 8.20. The summed E-state index contributed by atoms with van der Waals surface area (Å²) < 4.78 is 18.0. The summed E-state index contributed by atoms with van der Waals surface area (Å²) in [6.45, 7) is 0. The van der Waals surface area contributed by atoms with Crippen molar-refractivity contribution in [1.29, 1.82) is 0 Å². The first kappa shape index (κ1) is 7.19. The molecule has 0 unspecified atom stereocenters. The fraction of sp³-hybridized carbons (Fsp3) is 1.00. The van der Waals surface area contributed by atoms with Crippen LogP contribution < -0.4 is 5.14 Å². The quantitative estimate of drug-likeness (QED) is 0.465. The Morgan fingerprint density at radius 2 is 1.57 bits per heavy atom. The van der Waals surface area contributed by atoms with Gasteiger partial charge in [0.25, 0.3) is 0 Å². The van der Waals surface area contributed by atoms with Crippen LogP contribution in [-0.4, -0.2) is 27.5 Å². The maximum absolute atomic E-state index is 8.44. The third-order valence-corrected chi connectivity index (χ3v) is 1.61. The van der Waals surface area contributed by atoms with Crippen molar-refractivity contribution in [2.24, 2.45) is 5.14 Å². The maximum atomic E-state index is 8.44. The Hall–Kier alpha value is 0.190. The van der Waals surface area contributed by atoms with Gasteiger partial charge in [-0.3, -0.25) is 9.11 Å². The maximum Gasteiger partial charge on any atom is 0.00736 e. The van der Waals surface area contributed by atoms with Crippen LogP contribution in [-0.2, 0) is 0 Å². The van der Waals surface area contributed by atoms with Gasteiger partial charge in [0.2, 0.25) is 0 Å². The van der Waals surface area contributed by atoms with Crippen molar-refractivity contribution in [2.75, 3.05) is 14.1 Å². The zero-order valence-corrected chi connectivity index (χ0v) is 5.14. The van der Waals surface area contributed by atoms with Crippen LogP contribution in [0.3, 0.4) is 0 Å². The van der Waals surface area contributed by atoms with Gasteiger partial charge in [-0.2, -0.15) is 4.31 Å². The van der Waals surface area contributed by atoms with Crippen molar-refractivity contribution in [2.45, 2.75) is 0 Å². The van der Waals surface area contributed by atoms with Gasteiger partial charge in [-0.15, -0.1) is 0 Å². The molecule has 46 valence electrons. The molecule has 0 aliphatic heterocycles. The normalized spacial score (nSPS) is 15.1. The predicted molar refractivity (Wildman–Crippen MR) is 30.7 cm³/mol. The third kappa shape index (κ3) is 2.84. The highest BCUT2D eigenvalue weighted by atomic mass is 32.3. The van der Waals surface area contributed by atoms with Gasteiger partial charge in [0.15, 0.2) is 0 Å². The van der Waals surface area contributed by atoms with Crippen LogP contribution in [0.4, 0.5) is 0 Å². The molecule has 0 rings (SSSR count). The summed E-state index contributed by atoms with van der Waals surface area (Å²) in [6, 6.07) is 0. The average molecular weight is 126 g/mol. The molecule has 0 aliphatic carbocycles. The Kier molecular flexibility index (Phi) is 2.03. The van der Waals surface area contributed by atoms with E-state index in [-0.39, 0.29) is 0 Å². The summed E-state index contributed by atoms with van der Waals surface area (Å²) in [6.07, 6.45) is 0. The van der Waals surface area contributed by atoms with Gasteiger partial charge in [0.05, 0.1) is 0 Å². The monoisotopic (exact) mass is 126 g/mol. The molecule has 0 saturated heterocycles. The summed E-state index contributed by atoms with van der Waals surface area (Å²) in [4.78, 5) is 0. The summed E-state index contributed by atoms with van der Waals surface area (Å²) in [5.41, 5.74) is 0. The lowest BCUT2D eigenvalue weighted by molar-refractivity contribution is 0.415. The van der Waals surface area contributed by atoms with E-state index >= 15 is 0 Å². The molecule has 0 radical (unpaired) electrons. The van der Waals surface area contributed by atoms with E-state index in [4.69, 9.17) is 14.2 Å². The Morgan fingerprint density at radius 3 is 1.57 bits per heavy atom. The van der Waals surface area contributed by atoms with Crippen LogP contribution in [0.2, 0.25) is 0 Å². The number of hydrogen-bond acceptors (Lipinski definition) is 4. The molecule has 0 heterocycles. The zero-order valence-electron chi connectivity index (χ0n) is 4.33. The molecule has 4 N–H and O–H groups in total. The van der Waals surface area contributed by atoms with E-state index < -0.39 is 11.0 Å². The molecule has 7 heavy (non-hydrogen) atoms. The Labute approximate surface area is 44.5 Å². The second-order valence-electron chi connectivity index (χ2n) is 1.37. The minimum Gasteiger partial charge on any atom is -0.273 e. The van der Waals surface area contributed by atoms with Crippen LogP contribution in [0.5, 0.6) is 0 Å². The summed E-state index contributed by atoms with van der Waals surface area (Å²) in [5.74, 6) is 0. The molecule has 0 spiro atoms. The molecule has 4 nitrogen and oxygen atoms in total. The molecule has 0 bridgehead atoms. The minimum absolute atomic E-state index is 1.16. The van der Waals surface area contributed by atoms with Crippen molar-refractivity contribution in [3.05, 3.63) is 0 Å². The number of nitrogens with zero attached hydrogens (tertiary/aromatic N) is 1. The number of rotatable bonds is 1. The van der Waals surface area contributed by atoms with E-state index in [0.717, 1.165) is 4.31 Å². The van der Waals surface area contributed by atoms with Gasteiger partial charge >= 0.3 is 0 Å². The predicted octanol–water partition coefficient (Wildman–Crippen LogP) is 0.0873. The summed E-state index contributed by atoms with van der Waals surface area (Å²) >= 11 is 0. The fourth-order valence-corrected chi connectivity index (χ4v) is 0. The Bertz CT molecular complexity index is 59.2. The van der Waals surface area contributed by atoms with Crippen LogP contribution in [0.15, 0.2) is 0 Å². The van der Waals surface area contributed by atoms with E-state index in [9.17, 15) is 0 Å². The lowest BCUT2D eigenvalue weighted by atomic mass is 11.3. The van der Waals surface area contributed by atoms with Gasteiger partial charge < -0.3 is 0 Å². The van der Waals surface area contributed by atoms with Crippen molar-refractivity contribution >= 4 is 11.0 Å². The van der Waals surface area contributed by atoms with E-state index in [1.54, 1.807) is 0 Å². The molecule has 0 aromatic rings. The molecule has 0 aromatic heterocycles. The molecule has 0 aliphatic rings. The van der Waals surface area contributed by atoms with Gasteiger partial charge in [0, 0.05) is 14.1 Å². The van der Waals surface area contributed by atoms with Crippen molar-refractivity contribution in [1.82, 2.24) is 4.31 Å². The fourth-order valence-electron chi connectivity index (χ4n) is 0. The molecule has 0 fully saturated rings. The third-order valence-electron chi connectivity index (χ3n) is 0.537. The molecular weight excluding hydrogens is 116 g/mol. The summed E-state index contributed by atoms with van der Waals surface area (Å²) in [5, 5.41) is 4.80. The number of hydrogen-bond donors (Lipinski definition) is 3. The van der Waals surface area contributed by atoms with Gasteiger partial charge in [-0.1, -0.05) is 11.0 Å². The van der Waals surface area contributed by atoms with E-state index in [1.807, 2.05) is 0 Å². The SMILES string of the molecule is CN(C)S(N)(O)O. The van der Waals surface area contributed by atoms with E-state index in [2.05, 4.69) is 0 Å². The standard InChI is InChI=1S/C2H10N2O2S/c1-4(2)7(3,5)6/h5-6H,3H2,1-2H3. The molecule has 0 aromatic carbocycles. The average Bonchev–Trinajstić information content (AvgIpc) is 1.31. The molecule has 0 amide bonds. The zero-order chi connectivity index (χ0) is 6.08. The van der Waals surface area contributed by atoms with E-state index in [0.29, 0.717) is 0 Å². The lowest BCUT2D eigenvalue weighted by Gasteiger charge is -2.32. The van der Waals surface area contributed by atoms with Crippen LogP contribution in [0.1, 0.15) is 0 Å². The van der Waals surface area contributed by atoms with Gasteiger partial charge in [0.1, 0.15) is 0 Å². The van der Waals surface area contributed by atoms with Crippen LogP contribution >= 0.6 is 11.0 Å². The highest BCUT2D eigenvalue weighted by Crippen LogP contribution is 2.29. The highest BCUT2D eigenvalue weighted by Gasteiger charge is 2.04.